The molecule has 0 spiro atoms. The highest BCUT2D eigenvalue weighted by Crippen LogP contribution is 2.29. The van der Waals surface area contributed by atoms with Crippen LogP contribution in [0, 0.1) is 5.92 Å². The summed E-state index contributed by atoms with van der Waals surface area (Å²) in [5.41, 5.74) is -0.279. The van der Waals surface area contributed by atoms with Crippen LogP contribution >= 0.6 is 0 Å². The topological polar surface area (TPSA) is 29.5 Å². The van der Waals surface area contributed by atoms with Gasteiger partial charge in [-0.1, -0.05) is 13.8 Å². The van der Waals surface area contributed by atoms with E-state index in [0.29, 0.717) is 12.4 Å². The maximum Gasteiger partial charge on any atom is 0.158 e. The van der Waals surface area contributed by atoms with E-state index in [0.717, 1.165) is 25.9 Å². The molecule has 0 bridgehead atoms. The minimum atomic E-state index is -0.279. The summed E-state index contributed by atoms with van der Waals surface area (Å²) in [6, 6.07) is 0. The van der Waals surface area contributed by atoms with Crippen molar-refractivity contribution in [2.24, 2.45) is 5.92 Å². The van der Waals surface area contributed by atoms with E-state index in [4.69, 9.17) is 4.74 Å². The van der Waals surface area contributed by atoms with Crippen LogP contribution in [0.15, 0.2) is 0 Å². The highest BCUT2D eigenvalue weighted by atomic mass is 16.5. The van der Waals surface area contributed by atoms with Crippen LogP contribution in [-0.4, -0.2) is 43.5 Å². The third-order valence-electron chi connectivity index (χ3n) is 3.78. The number of ether oxygens (including phenoxy) is 1. The summed E-state index contributed by atoms with van der Waals surface area (Å²) in [5.74, 6) is 0.488. The van der Waals surface area contributed by atoms with Crippen molar-refractivity contribution in [1.29, 1.82) is 0 Å². The maximum atomic E-state index is 12.4. The number of likely N-dealkylation sites (N-methyl/N-ethyl adjacent to an activating group) is 1. The molecule has 1 heterocycles. The number of ketones is 1. The van der Waals surface area contributed by atoms with Gasteiger partial charge in [0, 0.05) is 12.5 Å². The third-order valence-corrected chi connectivity index (χ3v) is 3.78. The minimum absolute atomic E-state index is 0.118. The molecule has 3 nitrogen and oxygen atoms in total. The van der Waals surface area contributed by atoms with Gasteiger partial charge in [-0.05, 0) is 33.4 Å². The SMILES string of the molecule is CCC(CC)(C(=O)C1CCOC1)N(C)C. The Balaban J connectivity index is 2.82. The first-order valence-electron chi connectivity index (χ1n) is 5.88. The van der Waals surface area contributed by atoms with Gasteiger partial charge in [0.2, 0.25) is 0 Å². The van der Waals surface area contributed by atoms with Gasteiger partial charge in [-0.25, -0.2) is 0 Å². The molecule has 1 unspecified atom stereocenters. The Morgan fingerprint density at radius 2 is 2.00 bits per heavy atom. The molecule has 0 saturated carbocycles. The molecule has 3 heteroatoms. The summed E-state index contributed by atoms with van der Waals surface area (Å²) in [6.45, 7) is 5.55. The molecule has 1 rings (SSSR count). The van der Waals surface area contributed by atoms with Gasteiger partial charge in [-0.15, -0.1) is 0 Å². The lowest BCUT2D eigenvalue weighted by atomic mass is 9.80. The molecule has 88 valence electrons. The highest BCUT2D eigenvalue weighted by molar-refractivity contribution is 5.90. The Kier molecular flexibility index (Phi) is 4.29. The average molecular weight is 213 g/mol. The number of Topliss-reactive ketones (excluding diaryl/α,β-unsaturated/α-hetero) is 1. The lowest BCUT2D eigenvalue weighted by Crippen LogP contribution is -2.52. The van der Waals surface area contributed by atoms with Gasteiger partial charge in [0.25, 0.3) is 0 Å². The second kappa shape index (κ2) is 5.08. The third kappa shape index (κ3) is 2.23. The summed E-state index contributed by atoms with van der Waals surface area (Å²) in [7, 11) is 4.00. The molecule has 0 aliphatic carbocycles. The van der Waals surface area contributed by atoms with Crippen molar-refractivity contribution in [3.05, 3.63) is 0 Å². The van der Waals surface area contributed by atoms with E-state index in [1.165, 1.54) is 0 Å². The fraction of sp³-hybridized carbons (Fsp3) is 0.917. The smallest absolute Gasteiger partial charge is 0.158 e. The molecule has 1 atom stereocenters. The van der Waals surface area contributed by atoms with Crippen LogP contribution in [0.2, 0.25) is 0 Å². The maximum absolute atomic E-state index is 12.4. The van der Waals surface area contributed by atoms with Crippen LogP contribution in [0.25, 0.3) is 0 Å². The summed E-state index contributed by atoms with van der Waals surface area (Å²) >= 11 is 0. The van der Waals surface area contributed by atoms with Crippen molar-refractivity contribution in [2.75, 3.05) is 27.3 Å². The standard InChI is InChI=1S/C12H23NO2/c1-5-12(6-2,13(3)4)11(14)10-7-8-15-9-10/h10H,5-9H2,1-4H3. The van der Waals surface area contributed by atoms with E-state index < -0.39 is 0 Å². The van der Waals surface area contributed by atoms with Crippen LogP contribution < -0.4 is 0 Å². The zero-order chi connectivity index (χ0) is 11.5. The Morgan fingerprint density at radius 3 is 2.33 bits per heavy atom. The molecule has 0 radical (unpaired) electrons. The summed E-state index contributed by atoms with van der Waals surface area (Å²) in [5, 5.41) is 0. The van der Waals surface area contributed by atoms with Crippen LogP contribution in [0.3, 0.4) is 0 Å². The predicted octanol–water partition coefficient (Wildman–Crippen LogP) is 1.71. The first-order valence-corrected chi connectivity index (χ1v) is 5.88. The molecule has 15 heavy (non-hydrogen) atoms. The molecule has 1 aliphatic rings. The van der Waals surface area contributed by atoms with Crippen molar-refractivity contribution in [3.63, 3.8) is 0 Å². The molecule has 1 aliphatic heterocycles. The van der Waals surface area contributed by atoms with Gasteiger partial charge in [-0.3, -0.25) is 9.69 Å². The number of nitrogens with zero attached hydrogens (tertiary/aromatic N) is 1. The second-order valence-electron chi connectivity index (χ2n) is 4.56. The Hall–Kier alpha value is -0.410. The zero-order valence-electron chi connectivity index (χ0n) is 10.4. The molecule has 1 fully saturated rings. The fourth-order valence-corrected chi connectivity index (χ4v) is 2.57. The fourth-order valence-electron chi connectivity index (χ4n) is 2.57. The first-order chi connectivity index (χ1) is 7.08. The normalized spacial score (nSPS) is 22.3. The van der Waals surface area contributed by atoms with Crippen LogP contribution in [0.1, 0.15) is 33.1 Å². The molecule has 0 aromatic carbocycles. The Morgan fingerprint density at radius 1 is 1.40 bits per heavy atom. The summed E-state index contributed by atoms with van der Waals surface area (Å²) in [6.07, 6.45) is 2.66. The minimum Gasteiger partial charge on any atom is -0.381 e. The Labute approximate surface area is 92.8 Å². The monoisotopic (exact) mass is 213 g/mol. The average Bonchev–Trinajstić information content (AvgIpc) is 2.72. The highest BCUT2D eigenvalue weighted by Gasteiger charge is 2.41. The van der Waals surface area contributed by atoms with Crippen molar-refractivity contribution in [2.45, 2.75) is 38.6 Å². The van der Waals surface area contributed by atoms with Gasteiger partial charge in [0.15, 0.2) is 5.78 Å². The van der Waals surface area contributed by atoms with E-state index in [1.54, 1.807) is 0 Å². The van der Waals surface area contributed by atoms with Crippen molar-refractivity contribution < 1.29 is 9.53 Å². The molecule has 0 N–H and O–H groups in total. The van der Waals surface area contributed by atoms with Crippen molar-refractivity contribution >= 4 is 5.78 Å². The van der Waals surface area contributed by atoms with Crippen molar-refractivity contribution in [3.8, 4) is 0 Å². The molecule has 0 amide bonds. The molecular weight excluding hydrogens is 190 g/mol. The predicted molar refractivity (Wildman–Crippen MR) is 60.9 cm³/mol. The van der Waals surface area contributed by atoms with Gasteiger partial charge < -0.3 is 4.74 Å². The first kappa shape index (κ1) is 12.7. The molecule has 0 aromatic heterocycles. The van der Waals surface area contributed by atoms with Gasteiger partial charge in [0.1, 0.15) is 0 Å². The van der Waals surface area contributed by atoms with Gasteiger partial charge in [0.05, 0.1) is 12.1 Å². The van der Waals surface area contributed by atoms with Crippen LogP contribution in [-0.2, 0) is 9.53 Å². The quantitative estimate of drug-likeness (QED) is 0.696. The Bertz CT molecular complexity index is 216. The lowest BCUT2D eigenvalue weighted by molar-refractivity contribution is -0.134. The molecular formula is C12H23NO2. The largest absolute Gasteiger partial charge is 0.381 e. The number of carbonyl (C=O) groups excluding carboxylic acids is 1. The number of carbonyl (C=O) groups is 1. The number of rotatable bonds is 5. The number of hydrogen-bond donors (Lipinski definition) is 0. The van der Waals surface area contributed by atoms with E-state index in [-0.39, 0.29) is 11.5 Å². The van der Waals surface area contributed by atoms with Gasteiger partial charge in [-0.2, -0.15) is 0 Å². The second-order valence-corrected chi connectivity index (χ2v) is 4.56. The van der Waals surface area contributed by atoms with Crippen LogP contribution in [0.5, 0.6) is 0 Å². The van der Waals surface area contributed by atoms with Gasteiger partial charge >= 0.3 is 0 Å². The molecule has 1 saturated heterocycles. The number of hydrogen-bond acceptors (Lipinski definition) is 3. The van der Waals surface area contributed by atoms with Crippen LogP contribution in [0.4, 0.5) is 0 Å². The van der Waals surface area contributed by atoms with Crippen molar-refractivity contribution in [1.82, 2.24) is 4.90 Å². The van der Waals surface area contributed by atoms with E-state index in [9.17, 15) is 4.79 Å². The van der Waals surface area contributed by atoms with E-state index in [1.807, 2.05) is 14.1 Å². The lowest BCUT2D eigenvalue weighted by Gasteiger charge is -2.38. The zero-order valence-corrected chi connectivity index (χ0v) is 10.4. The summed E-state index contributed by atoms with van der Waals surface area (Å²) < 4.78 is 5.30. The van der Waals surface area contributed by atoms with E-state index in [2.05, 4.69) is 18.7 Å². The summed E-state index contributed by atoms with van der Waals surface area (Å²) in [4.78, 5) is 14.5. The van der Waals surface area contributed by atoms with E-state index >= 15 is 0 Å². The molecule has 0 aromatic rings.